The molecule has 0 bridgehead atoms. The van der Waals surface area contributed by atoms with E-state index in [9.17, 15) is 8.42 Å². The Balaban J connectivity index is 1.54. The summed E-state index contributed by atoms with van der Waals surface area (Å²) < 4.78 is 32.7. The second-order valence-electron chi connectivity index (χ2n) is 6.17. The van der Waals surface area contributed by atoms with Crippen molar-refractivity contribution in [2.45, 2.75) is 17.7 Å². The number of nitrogens with one attached hydrogen (secondary N) is 1. The van der Waals surface area contributed by atoms with Crippen LogP contribution in [0, 0.1) is 5.92 Å². The van der Waals surface area contributed by atoms with Crippen molar-refractivity contribution in [1.82, 2.24) is 9.71 Å². The lowest BCUT2D eigenvalue weighted by molar-refractivity contribution is 0.401. The summed E-state index contributed by atoms with van der Waals surface area (Å²) in [7, 11) is -1.99. The monoisotopic (exact) mass is 361 g/mol. The highest BCUT2D eigenvalue weighted by Crippen LogP contribution is 2.23. The standard InChI is InChI=1S/C18H23N3O3S/c1-24-17-3-2-4-18(13-17)25(22,23)20-14-15-7-11-21(12-8-15)16-5-9-19-10-6-16/h2-6,9-10,13,15,20H,7-8,11-12,14H2,1H3. The van der Waals surface area contributed by atoms with Gasteiger partial charge in [0.1, 0.15) is 5.75 Å². The van der Waals surface area contributed by atoms with E-state index < -0.39 is 10.0 Å². The number of benzene rings is 1. The molecule has 1 fully saturated rings. The summed E-state index contributed by atoms with van der Waals surface area (Å²) in [4.78, 5) is 6.59. The first kappa shape index (κ1) is 17.7. The lowest BCUT2D eigenvalue weighted by Crippen LogP contribution is -2.38. The van der Waals surface area contributed by atoms with Crippen molar-refractivity contribution in [3.05, 3.63) is 48.8 Å². The maximum absolute atomic E-state index is 12.4. The van der Waals surface area contributed by atoms with Crippen LogP contribution in [0.3, 0.4) is 0 Å². The highest BCUT2D eigenvalue weighted by atomic mass is 32.2. The maximum atomic E-state index is 12.4. The molecular weight excluding hydrogens is 338 g/mol. The molecule has 1 aliphatic rings. The fourth-order valence-electron chi connectivity index (χ4n) is 3.03. The third kappa shape index (κ3) is 4.49. The zero-order valence-electron chi connectivity index (χ0n) is 14.3. The molecule has 3 rings (SSSR count). The third-order valence-corrected chi connectivity index (χ3v) is 5.98. The molecule has 1 aromatic heterocycles. The topological polar surface area (TPSA) is 71.5 Å². The minimum absolute atomic E-state index is 0.237. The second-order valence-corrected chi connectivity index (χ2v) is 7.93. The minimum atomic E-state index is -3.51. The molecule has 6 nitrogen and oxygen atoms in total. The Labute approximate surface area is 148 Å². The van der Waals surface area contributed by atoms with Crippen molar-refractivity contribution in [2.24, 2.45) is 5.92 Å². The summed E-state index contributed by atoms with van der Waals surface area (Å²) in [5.41, 5.74) is 1.17. The number of hydrogen-bond donors (Lipinski definition) is 1. The molecular formula is C18H23N3O3S. The molecule has 1 N–H and O–H groups in total. The fourth-order valence-corrected chi connectivity index (χ4v) is 4.18. The molecule has 7 heteroatoms. The quantitative estimate of drug-likeness (QED) is 0.855. The Morgan fingerprint density at radius 3 is 2.60 bits per heavy atom. The van der Waals surface area contributed by atoms with Gasteiger partial charge in [0, 0.05) is 43.8 Å². The Kier molecular flexibility index (Phi) is 5.55. The van der Waals surface area contributed by atoms with Gasteiger partial charge in [0.15, 0.2) is 0 Å². The number of ether oxygens (including phenoxy) is 1. The van der Waals surface area contributed by atoms with E-state index in [1.807, 2.05) is 12.1 Å². The predicted molar refractivity (Wildman–Crippen MR) is 97.4 cm³/mol. The van der Waals surface area contributed by atoms with E-state index in [-0.39, 0.29) is 4.90 Å². The van der Waals surface area contributed by atoms with E-state index in [4.69, 9.17) is 4.74 Å². The van der Waals surface area contributed by atoms with Gasteiger partial charge in [0.2, 0.25) is 10.0 Å². The van der Waals surface area contributed by atoms with Crippen LogP contribution in [0.4, 0.5) is 5.69 Å². The molecule has 0 aliphatic carbocycles. The van der Waals surface area contributed by atoms with Crippen molar-refractivity contribution < 1.29 is 13.2 Å². The summed E-state index contributed by atoms with van der Waals surface area (Å²) in [5, 5.41) is 0. The molecule has 0 atom stereocenters. The van der Waals surface area contributed by atoms with E-state index in [1.54, 1.807) is 30.6 Å². The minimum Gasteiger partial charge on any atom is -0.497 e. The van der Waals surface area contributed by atoms with E-state index in [2.05, 4.69) is 14.6 Å². The van der Waals surface area contributed by atoms with Crippen molar-refractivity contribution in [1.29, 1.82) is 0 Å². The van der Waals surface area contributed by atoms with Crippen LogP contribution in [0.2, 0.25) is 0 Å². The summed E-state index contributed by atoms with van der Waals surface area (Å²) in [5.74, 6) is 0.881. The number of pyridine rings is 1. The molecule has 1 saturated heterocycles. The normalized spacial score (nSPS) is 16.0. The third-order valence-electron chi connectivity index (χ3n) is 4.56. The Morgan fingerprint density at radius 1 is 1.20 bits per heavy atom. The van der Waals surface area contributed by atoms with Gasteiger partial charge < -0.3 is 9.64 Å². The van der Waals surface area contributed by atoms with Crippen LogP contribution in [0.1, 0.15) is 12.8 Å². The van der Waals surface area contributed by atoms with Gasteiger partial charge in [-0.15, -0.1) is 0 Å². The molecule has 25 heavy (non-hydrogen) atoms. The van der Waals surface area contributed by atoms with Crippen LogP contribution in [-0.4, -0.2) is 40.1 Å². The van der Waals surface area contributed by atoms with E-state index >= 15 is 0 Å². The molecule has 0 spiro atoms. The highest BCUT2D eigenvalue weighted by Gasteiger charge is 2.22. The summed E-state index contributed by atoms with van der Waals surface area (Å²) >= 11 is 0. The Hall–Kier alpha value is -2.12. The number of sulfonamides is 1. The fraction of sp³-hybridized carbons (Fsp3) is 0.389. The second kappa shape index (κ2) is 7.84. The molecule has 0 saturated carbocycles. The van der Waals surface area contributed by atoms with Crippen LogP contribution in [0.15, 0.2) is 53.7 Å². The lowest BCUT2D eigenvalue weighted by Gasteiger charge is -2.33. The lowest BCUT2D eigenvalue weighted by atomic mass is 9.97. The number of aromatic nitrogens is 1. The Bertz CT molecular complexity index is 788. The molecule has 2 aromatic rings. The van der Waals surface area contributed by atoms with Crippen molar-refractivity contribution in [3.8, 4) is 5.75 Å². The average Bonchev–Trinajstić information content (AvgIpc) is 2.67. The first-order valence-corrected chi connectivity index (χ1v) is 9.85. The number of methoxy groups -OCH3 is 1. The number of hydrogen-bond acceptors (Lipinski definition) is 5. The first-order valence-electron chi connectivity index (χ1n) is 8.37. The number of piperidine rings is 1. The molecule has 2 heterocycles. The molecule has 0 amide bonds. The number of nitrogens with zero attached hydrogens (tertiary/aromatic N) is 2. The van der Waals surface area contributed by atoms with Gasteiger partial charge in [-0.05, 0) is 43.0 Å². The van der Waals surface area contributed by atoms with Crippen LogP contribution < -0.4 is 14.4 Å². The zero-order chi connectivity index (χ0) is 17.7. The predicted octanol–water partition coefficient (Wildman–Crippen LogP) is 2.29. The Morgan fingerprint density at radius 2 is 1.92 bits per heavy atom. The summed E-state index contributed by atoms with van der Waals surface area (Å²) in [6, 6.07) is 10.5. The largest absolute Gasteiger partial charge is 0.497 e. The van der Waals surface area contributed by atoms with Crippen molar-refractivity contribution >= 4 is 15.7 Å². The van der Waals surface area contributed by atoms with Crippen molar-refractivity contribution in [2.75, 3.05) is 31.6 Å². The summed E-state index contributed by atoms with van der Waals surface area (Å²) in [6.07, 6.45) is 5.51. The van der Waals surface area contributed by atoms with Crippen molar-refractivity contribution in [3.63, 3.8) is 0 Å². The molecule has 0 unspecified atom stereocenters. The van der Waals surface area contributed by atoms with E-state index in [1.165, 1.54) is 18.9 Å². The summed E-state index contributed by atoms with van der Waals surface area (Å²) in [6.45, 7) is 2.31. The van der Waals surface area contributed by atoms with Gasteiger partial charge in [-0.1, -0.05) is 6.07 Å². The molecule has 1 aromatic carbocycles. The first-order chi connectivity index (χ1) is 12.1. The van der Waals surface area contributed by atoms with Crippen LogP contribution in [0.5, 0.6) is 5.75 Å². The zero-order valence-corrected chi connectivity index (χ0v) is 15.1. The highest BCUT2D eigenvalue weighted by molar-refractivity contribution is 7.89. The van der Waals surface area contributed by atoms with E-state index in [0.717, 1.165) is 25.9 Å². The van der Waals surface area contributed by atoms with Crippen LogP contribution in [0.25, 0.3) is 0 Å². The smallest absolute Gasteiger partial charge is 0.240 e. The number of rotatable bonds is 6. The molecule has 134 valence electrons. The van der Waals surface area contributed by atoms with Gasteiger partial charge in [-0.2, -0.15) is 0 Å². The van der Waals surface area contributed by atoms with Gasteiger partial charge >= 0.3 is 0 Å². The maximum Gasteiger partial charge on any atom is 0.240 e. The van der Waals surface area contributed by atoms with E-state index in [0.29, 0.717) is 18.2 Å². The van der Waals surface area contributed by atoms with Gasteiger partial charge in [0.25, 0.3) is 0 Å². The SMILES string of the molecule is COc1cccc(S(=O)(=O)NCC2CCN(c3ccncc3)CC2)c1. The average molecular weight is 361 g/mol. The van der Waals surface area contributed by atoms with Gasteiger partial charge in [0.05, 0.1) is 12.0 Å². The van der Waals surface area contributed by atoms with Crippen LogP contribution in [-0.2, 0) is 10.0 Å². The molecule has 1 aliphatic heterocycles. The number of anilines is 1. The van der Waals surface area contributed by atoms with Gasteiger partial charge in [-0.25, -0.2) is 13.1 Å². The van der Waals surface area contributed by atoms with Crippen LogP contribution >= 0.6 is 0 Å². The van der Waals surface area contributed by atoms with Gasteiger partial charge in [-0.3, -0.25) is 4.98 Å². The molecule has 0 radical (unpaired) electrons.